The SMILES string of the molecule is Cc1cccc2[nH]ccc12.c1cc[nH]c1. The summed E-state index contributed by atoms with van der Waals surface area (Å²) in [6.45, 7) is 2.12. The Balaban J connectivity index is 0.000000144. The summed E-state index contributed by atoms with van der Waals surface area (Å²) in [6, 6.07) is 12.3. The number of aromatic amines is 2. The maximum absolute atomic E-state index is 3.16. The van der Waals surface area contributed by atoms with Crippen LogP contribution in [-0.2, 0) is 0 Å². The minimum atomic E-state index is 1.22. The molecule has 0 saturated heterocycles. The minimum Gasteiger partial charge on any atom is -0.368 e. The predicted octanol–water partition coefficient (Wildman–Crippen LogP) is 3.49. The van der Waals surface area contributed by atoms with E-state index in [1.54, 1.807) is 0 Å². The highest BCUT2D eigenvalue weighted by atomic mass is 14.7. The van der Waals surface area contributed by atoms with Crippen LogP contribution in [0.4, 0.5) is 0 Å². The van der Waals surface area contributed by atoms with Gasteiger partial charge in [0.2, 0.25) is 0 Å². The molecule has 15 heavy (non-hydrogen) atoms. The number of H-pyrrole nitrogens is 2. The van der Waals surface area contributed by atoms with Gasteiger partial charge in [-0.2, -0.15) is 0 Å². The van der Waals surface area contributed by atoms with Gasteiger partial charge >= 0.3 is 0 Å². The molecule has 2 heteroatoms. The Labute approximate surface area is 89.0 Å². The van der Waals surface area contributed by atoms with E-state index in [4.69, 9.17) is 0 Å². The van der Waals surface area contributed by atoms with Crippen molar-refractivity contribution >= 4 is 10.9 Å². The number of hydrogen-bond donors (Lipinski definition) is 2. The topological polar surface area (TPSA) is 31.6 Å². The van der Waals surface area contributed by atoms with Crippen LogP contribution in [0.25, 0.3) is 10.9 Å². The van der Waals surface area contributed by atoms with Gasteiger partial charge in [-0.1, -0.05) is 12.1 Å². The van der Waals surface area contributed by atoms with Crippen LogP contribution in [0.2, 0.25) is 0 Å². The average molecular weight is 198 g/mol. The van der Waals surface area contributed by atoms with Crippen molar-refractivity contribution in [3.8, 4) is 0 Å². The Morgan fingerprint density at radius 2 is 1.67 bits per heavy atom. The average Bonchev–Trinajstić information content (AvgIpc) is 2.93. The quantitative estimate of drug-likeness (QED) is 0.554. The van der Waals surface area contributed by atoms with Crippen molar-refractivity contribution in [3.63, 3.8) is 0 Å². The Bertz CT molecular complexity index is 489. The first kappa shape index (κ1) is 9.59. The molecule has 2 aromatic heterocycles. The van der Waals surface area contributed by atoms with Crippen LogP contribution in [0, 0.1) is 6.92 Å². The van der Waals surface area contributed by atoms with Crippen LogP contribution < -0.4 is 0 Å². The normalized spacial score (nSPS) is 9.67. The molecule has 1 aromatic carbocycles. The Kier molecular flexibility index (Phi) is 2.88. The molecule has 0 saturated carbocycles. The van der Waals surface area contributed by atoms with Crippen molar-refractivity contribution < 1.29 is 0 Å². The van der Waals surface area contributed by atoms with Crippen molar-refractivity contribution in [2.24, 2.45) is 0 Å². The third-order valence-electron chi connectivity index (χ3n) is 2.31. The summed E-state index contributed by atoms with van der Waals surface area (Å²) >= 11 is 0. The van der Waals surface area contributed by atoms with Crippen molar-refractivity contribution in [3.05, 3.63) is 60.6 Å². The largest absolute Gasteiger partial charge is 0.368 e. The lowest BCUT2D eigenvalue weighted by Gasteiger charge is -1.92. The van der Waals surface area contributed by atoms with Crippen molar-refractivity contribution in [1.82, 2.24) is 9.97 Å². The molecule has 0 spiro atoms. The number of benzene rings is 1. The van der Waals surface area contributed by atoms with E-state index in [9.17, 15) is 0 Å². The molecule has 0 aliphatic rings. The van der Waals surface area contributed by atoms with Crippen molar-refractivity contribution in [2.45, 2.75) is 6.92 Å². The summed E-state index contributed by atoms with van der Waals surface area (Å²) in [7, 11) is 0. The summed E-state index contributed by atoms with van der Waals surface area (Å²) in [5.74, 6) is 0. The van der Waals surface area contributed by atoms with Gasteiger partial charge in [-0.05, 0) is 36.8 Å². The van der Waals surface area contributed by atoms with Gasteiger partial charge in [0, 0.05) is 29.5 Å². The van der Waals surface area contributed by atoms with Gasteiger partial charge in [0.15, 0.2) is 0 Å². The van der Waals surface area contributed by atoms with E-state index in [0.717, 1.165) is 0 Å². The van der Waals surface area contributed by atoms with Crippen LogP contribution in [0.5, 0.6) is 0 Å². The molecule has 3 aromatic rings. The number of aromatic nitrogens is 2. The lowest BCUT2D eigenvalue weighted by Crippen LogP contribution is -1.71. The zero-order chi connectivity index (χ0) is 10.5. The molecule has 2 nitrogen and oxygen atoms in total. The summed E-state index contributed by atoms with van der Waals surface area (Å²) < 4.78 is 0. The number of rotatable bonds is 0. The van der Waals surface area contributed by atoms with Gasteiger partial charge in [-0.3, -0.25) is 0 Å². The lowest BCUT2D eigenvalue weighted by atomic mass is 10.1. The number of fused-ring (bicyclic) bond motifs is 1. The fourth-order valence-corrected chi connectivity index (χ4v) is 1.52. The standard InChI is InChI=1S/C9H9N.C4H5N/c1-7-3-2-4-9-8(7)5-6-10-9;1-2-4-5-3-1/h2-6,10H,1H3;1-5H. The number of aryl methyl sites for hydroxylation is 1. The van der Waals surface area contributed by atoms with Gasteiger partial charge in [0.25, 0.3) is 0 Å². The maximum Gasteiger partial charge on any atom is 0.0456 e. The Hall–Kier alpha value is -1.96. The lowest BCUT2D eigenvalue weighted by molar-refractivity contribution is 1.42. The Morgan fingerprint density at radius 3 is 2.27 bits per heavy atom. The van der Waals surface area contributed by atoms with Crippen molar-refractivity contribution in [1.29, 1.82) is 0 Å². The second-order valence-electron chi connectivity index (χ2n) is 3.40. The summed E-state index contributed by atoms with van der Waals surface area (Å²) in [4.78, 5) is 6.02. The van der Waals surface area contributed by atoms with E-state index in [2.05, 4.69) is 41.2 Å². The third-order valence-corrected chi connectivity index (χ3v) is 2.31. The molecular weight excluding hydrogens is 184 g/mol. The molecule has 2 heterocycles. The summed E-state index contributed by atoms with van der Waals surface area (Å²) in [5, 5.41) is 1.32. The smallest absolute Gasteiger partial charge is 0.0456 e. The molecule has 0 amide bonds. The molecule has 0 atom stereocenters. The predicted molar refractivity (Wildman–Crippen MR) is 63.8 cm³/mol. The summed E-state index contributed by atoms with van der Waals surface area (Å²) in [6.07, 6.45) is 5.72. The van der Waals surface area contributed by atoms with E-state index in [0.29, 0.717) is 0 Å². The van der Waals surface area contributed by atoms with Crippen LogP contribution in [0.3, 0.4) is 0 Å². The highest BCUT2D eigenvalue weighted by Gasteiger charge is 1.93. The van der Waals surface area contributed by atoms with E-state index in [1.165, 1.54) is 16.5 Å². The zero-order valence-electron chi connectivity index (χ0n) is 8.70. The molecule has 0 fully saturated rings. The first-order chi connectivity index (χ1) is 7.38. The molecular formula is C13H14N2. The van der Waals surface area contributed by atoms with Crippen LogP contribution in [0.1, 0.15) is 5.56 Å². The molecule has 0 radical (unpaired) electrons. The molecule has 3 rings (SSSR count). The van der Waals surface area contributed by atoms with Gasteiger partial charge in [0.05, 0.1) is 0 Å². The molecule has 0 unspecified atom stereocenters. The molecule has 76 valence electrons. The van der Waals surface area contributed by atoms with E-state index < -0.39 is 0 Å². The monoisotopic (exact) mass is 198 g/mol. The Morgan fingerprint density at radius 1 is 0.867 bits per heavy atom. The second-order valence-corrected chi connectivity index (χ2v) is 3.40. The third kappa shape index (κ3) is 2.29. The van der Waals surface area contributed by atoms with Crippen molar-refractivity contribution in [2.75, 3.05) is 0 Å². The van der Waals surface area contributed by atoms with E-state index in [-0.39, 0.29) is 0 Å². The fraction of sp³-hybridized carbons (Fsp3) is 0.0769. The molecule has 0 bridgehead atoms. The number of hydrogen-bond acceptors (Lipinski definition) is 0. The summed E-state index contributed by atoms with van der Waals surface area (Å²) in [5.41, 5.74) is 2.55. The highest BCUT2D eigenvalue weighted by Crippen LogP contribution is 2.15. The van der Waals surface area contributed by atoms with E-state index >= 15 is 0 Å². The second kappa shape index (κ2) is 4.51. The molecule has 0 aliphatic heterocycles. The van der Waals surface area contributed by atoms with Crippen LogP contribution in [0.15, 0.2) is 55.0 Å². The first-order valence-corrected chi connectivity index (χ1v) is 4.98. The first-order valence-electron chi connectivity index (χ1n) is 4.98. The maximum atomic E-state index is 3.16. The van der Waals surface area contributed by atoms with Gasteiger partial charge in [-0.15, -0.1) is 0 Å². The number of nitrogens with one attached hydrogen (secondary N) is 2. The zero-order valence-corrected chi connectivity index (χ0v) is 8.70. The van der Waals surface area contributed by atoms with E-state index in [1.807, 2.05) is 30.7 Å². The van der Waals surface area contributed by atoms with Gasteiger partial charge < -0.3 is 9.97 Å². The fourth-order valence-electron chi connectivity index (χ4n) is 1.52. The molecule has 2 N–H and O–H groups in total. The minimum absolute atomic E-state index is 1.22. The molecule has 0 aliphatic carbocycles. The van der Waals surface area contributed by atoms with Gasteiger partial charge in [0.1, 0.15) is 0 Å². The highest BCUT2D eigenvalue weighted by molar-refractivity contribution is 5.82. The van der Waals surface area contributed by atoms with Crippen LogP contribution in [-0.4, -0.2) is 9.97 Å². The van der Waals surface area contributed by atoms with Gasteiger partial charge in [-0.25, -0.2) is 0 Å². The van der Waals surface area contributed by atoms with Crippen LogP contribution >= 0.6 is 0 Å².